The summed E-state index contributed by atoms with van der Waals surface area (Å²) in [5.41, 5.74) is 3.29. The van der Waals surface area contributed by atoms with Gasteiger partial charge in [0.05, 0.1) is 17.4 Å². The number of hydrogen-bond donors (Lipinski definition) is 0. The average molecular weight is 661 g/mol. The van der Waals surface area contributed by atoms with Crippen LogP contribution in [0.25, 0.3) is 11.0 Å². The average Bonchev–Trinajstić information content (AvgIpc) is 3.38. The van der Waals surface area contributed by atoms with Crippen LogP contribution in [0.1, 0.15) is 67.8 Å². The molecule has 0 aliphatic carbocycles. The second kappa shape index (κ2) is 14.3. The number of benzene rings is 3. The van der Waals surface area contributed by atoms with E-state index in [2.05, 4.69) is 4.90 Å². The van der Waals surface area contributed by atoms with Gasteiger partial charge in [-0.05, 0) is 89.3 Å². The fraction of sp³-hybridized carbons (Fsp3) is 0.405. The van der Waals surface area contributed by atoms with E-state index in [1.54, 1.807) is 26.0 Å². The molecule has 1 aromatic heterocycles. The third kappa shape index (κ3) is 8.05. The number of carbonyl (C=O) groups excluding carboxylic acids is 2. The minimum atomic E-state index is -3.99. The summed E-state index contributed by atoms with van der Waals surface area (Å²) in [7, 11) is -3.99. The minimum Gasteiger partial charge on any atom is -0.460 e. The normalized spacial score (nSPS) is 14.5. The van der Waals surface area contributed by atoms with Crippen molar-refractivity contribution in [1.82, 2.24) is 4.31 Å². The van der Waals surface area contributed by atoms with Crippen molar-refractivity contribution in [3.05, 3.63) is 95.2 Å². The number of para-hydroxylation sites is 1. The van der Waals surface area contributed by atoms with Gasteiger partial charge in [0.2, 0.25) is 15.8 Å². The zero-order valence-corrected chi connectivity index (χ0v) is 28.6. The van der Waals surface area contributed by atoms with Crippen molar-refractivity contribution in [2.45, 2.75) is 70.9 Å². The number of carbonyl (C=O) groups is 2. The molecule has 0 spiro atoms. The van der Waals surface area contributed by atoms with Gasteiger partial charge in [0.25, 0.3) is 0 Å². The number of furan rings is 1. The summed E-state index contributed by atoms with van der Waals surface area (Å²) in [6, 6.07) is 22.4. The van der Waals surface area contributed by atoms with Crippen LogP contribution in [0.4, 0.5) is 5.69 Å². The van der Waals surface area contributed by atoms with Crippen LogP contribution in [-0.2, 0) is 37.3 Å². The Morgan fingerprint density at radius 1 is 0.979 bits per heavy atom. The lowest BCUT2D eigenvalue weighted by Crippen LogP contribution is -2.39. The summed E-state index contributed by atoms with van der Waals surface area (Å²) >= 11 is 0. The van der Waals surface area contributed by atoms with E-state index in [4.69, 9.17) is 13.9 Å². The summed E-state index contributed by atoms with van der Waals surface area (Å²) in [6.07, 6.45) is 1.86. The molecular weight excluding hydrogens is 616 g/mol. The number of esters is 2. The van der Waals surface area contributed by atoms with E-state index in [-0.39, 0.29) is 42.2 Å². The van der Waals surface area contributed by atoms with Gasteiger partial charge in [-0.15, -0.1) is 0 Å². The SMILES string of the molecule is CCOC(=O)c1oc2ccc(S(=O)(=O)N(CCc3ccccc3)Cc3ccccc3N3CCC(C(=O)OC(C)(C)C)CC3)cc2c1C. The van der Waals surface area contributed by atoms with Crippen molar-refractivity contribution < 1.29 is 31.9 Å². The molecule has 0 unspecified atom stereocenters. The van der Waals surface area contributed by atoms with Gasteiger partial charge in [0, 0.05) is 42.8 Å². The second-order valence-electron chi connectivity index (χ2n) is 12.9. The maximum Gasteiger partial charge on any atom is 0.374 e. The standard InChI is InChI=1S/C37H44N2O7S/c1-6-44-36(41)34-26(2)31-24-30(16-17-33(31)45-34)47(42,43)39(23-18-27-12-8-7-9-13-27)25-29-14-10-11-15-32(29)38-21-19-28(20-22-38)35(40)46-37(3,4)5/h7-17,24,28H,6,18-23,25H2,1-5H3. The summed E-state index contributed by atoms with van der Waals surface area (Å²) in [5.74, 6) is -0.836. The molecule has 47 heavy (non-hydrogen) atoms. The number of nitrogens with zero attached hydrogens (tertiary/aromatic N) is 2. The maximum atomic E-state index is 14.4. The molecule has 1 saturated heterocycles. The molecular formula is C37H44N2O7S. The van der Waals surface area contributed by atoms with E-state index < -0.39 is 21.6 Å². The minimum absolute atomic E-state index is 0.0710. The van der Waals surface area contributed by atoms with Crippen LogP contribution in [-0.4, -0.2) is 56.5 Å². The lowest BCUT2D eigenvalue weighted by molar-refractivity contribution is -0.160. The monoisotopic (exact) mass is 660 g/mol. The summed E-state index contributed by atoms with van der Waals surface area (Å²) in [6.45, 7) is 11.0. The van der Waals surface area contributed by atoms with Crippen LogP contribution in [0, 0.1) is 12.8 Å². The molecule has 5 rings (SSSR count). The third-order valence-electron chi connectivity index (χ3n) is 8.41. The molecule has 3 aromatic carbocycles. The molecule has 0 amide bonds. The van der Waals surface area contributed by atoms with Crippen LogP contribution < -0.4 is 4.90 Å². The zero-order valence-electron chi connectivity index (χ0n) is 27.8. The van der Waals surface area contributed by atoms with Crippen LogP contribution >= 0.6 is 0 Å². The molecule has 2 heterocycles. The fourth-order valence-corrected chi connectivity index (χ4v) is 7.41. The molecule has 1 aliphatic rings. The van der Waals surface area contributed by atoms with Gasteiger partial charge >= 0.3 is 11.9 Å². The Morgan fingerprint density at radius 3 is 2.34 bits per heavy atom. The highest BCUT2D eigenvalue weighted by atomic mass is 32.2. The molecule has 250 valence electrons. The van der Waals surface area contributed by atoms with E-state index in [0.717, 1.165) is 16.8 Å². The molecule has 4 aromatic rings. The van der Waals surface area contributed by atoms with Gasteiger partial charge in [0.1, 0.15) is 11.2 Å². The maximum absolute atomic E-state index is 14.4. The van der Waals surface area contributed by atoms with E-state index in [1.165, 1.54) is 10.4 Å². The molecule has 9 nitrogen and oxygen atoms in total. The highest BCUT2D eigenvalue weighted by molar-refractivity contribution is 7.89. The molecule has 10 heteroatoms. The lowest BCUT2D eigenvalue weighted by atomic mass is 9.95. The van der Waals surface area contributed by atoms with E-state index in [9.17, 15) is 18.0 Å². The first-order valence-electron chi connectivity index (χ1n) is 16.2. The second-order valence-corrected chi connectivity index (χ2v) is 14.9. The first-order valence-corrected chi connectivity index (χ1v) is 17.6. The van der Waals surface area contributed by atoms with Crippen LogP contribution in [0.2, 0.25) is 0 Å². The van der Waals surface area contributed by atoms with Crippen molar-refractivity contribution in [1.29, 1.82) is 0 Å². The van der Waals surface area contributed by atoms with E-state index >= 15 is 0 Å². The number of anilines is 1. The summed E-state index contributed by atoms with van der Waals surface area (Å²) in [5, 5.41) is 0.547. The Morgan fingerprint density at radius 2 is 1.66 bits per heavy atom. The van der Waals surface area contributed by atoms with Crippen molar-refractivity contribution in [3.63, 3.8) is 0 Å². The van der Waals surface area contributed by atoms with Gasteiger partial charge in [-0.3, -0.25) is 4.79 Å². The molecule has 0 radical (unpaired) electrons. The van der Waals surface area contributed by atoms with E-state index in [1.807, 2.05) is 75.4 Å². The highest BCUT2D eigenvalue weighted by Crippen LogP contribution is 2.32. The number of hydrogen-bond acceptors (Lipinski definition) is 8. The van der Waals surface area contributed by atoms with Crippen LogP contribution in [0.5, 0.6) is 0 Å². The third-order valence-corrected chi connectivity index (χ3v) is 10.3. The smallest absolute Gasteiger partial charge is 0.374 e. The fourth-order valence-electron chi connectivity index (χ4n) is 5.97. The number of piperidine rings is 1. The predicted molar refractivity (Wildman–Crippen MR) is 182 cm³/mol. The molecule has 0 atom stereocenters. The Labute approximate surface area is 277 Å². The van der Waals surface area contributed by atoms with Crippen molar-refractivity contribution >= 4 is 38.6 Å². The molecule has 0 bridgehead atoms. The van der Waals surface area contributed by atoms with Gasteiger partial charge in [-0.1, -0.05) is 48.5 Å². The first-order chi connectivity index (χ1) is 22.4. The van der Waals surface area contributed by atoms with Gasteiger partial charge in [-0.2, -0.15) is 4.31 Å². The number of rotatable bonds is 11. The van der Waals surface area contributed by atoms with E-state index in [0.29, 0.717) is 48.9 Å². The summed E-state index contributed by atoms with van der Waals surface area (Å²) in [4.78, 5) is 27.5. The number of aryl methyl sites for hydroxylation is 1. The van der Waals surface area contributed by atoms with Crippen molar-refractivity contribution in [2.24, 2.45) is 5.92 Å². The molecule has 1 fully saturated rings. The Bertz CT molecular complexity index is 1820. The quantitative estimate of drug-likeness (QED) is 0.160. The molecule has 0 N–H and O–H groups in total. The number of fused-ring (bicyclic) bond motifs is 1. The Hall–Kier alpha value is -4.15. The van der Waals surface area contributed by atoms with Crippen molar-refractivity contribution in [2.75, 3.05) is 31.1 Å². The molecule has 1 aliphatic heterocycles. The number of ether oxygens (including phenoxy) is 2. The first kappa shape index (κ1) is 34.2. The van der Waals surface area contributed by atoms with Gasteiger partial charge < -0.3 is 18.8 Å². The lowest BCUT2D eigenvalue weighted by Gasteiger charge is -2.35. The zero-order chi connectivity index (χ0) is 33.8. The van der Waals surface area contributed by atoms with Crippen LogP contribution in [0.15, 0.2) is 82.1 Å². The summed E-state index contributed by atoms with van der Waals surface area (Å²) < 4.78 is 46.9. The topological polar surface area (TPSA) is 106 Å². The predicted octanol–water partition coefficient (Wildman–Crippen LogP) is 6.91. The Kier molecular flexibility index (Phi) is 10.4. The highest BCUT2D eigenvalue weighted by Gasteiger charge is 2.31. The number of sulfonamides is 1. The largest absolute Gasteiger partial charge is 0.460 e. The van der Waals surface area contributed by atoms with Crippen LogP contribution in [0.3, 0.4) is 0 Å². The van der Waals surface area contributed by atoms with Gasteiger partial charge in [0.15, 0.2) is 0 Å². The van der Waals surface area contributed by atoms with Crippen molar-refractivity contribution in [3.8, 4) is 0 Å². The Balaban J connectivity index is 1.43. The van der Waals surface area contributed by atoms with Gasteiger partial charge in [-0.25, -0.2) is 13.2 Å². The molecule has 0 saturated carbocycles.